The Balaban J connectivity index is 1.96. The molecule has 112 valence electrons. The van der Waals surface area contributed by atoms with Crippen molar-refractivity contribution in [2.75, 3.05) is 13.7 Å². The van der Waals surface area contributed by atoms with Crippen LogP contribution in [-0.2, 0) is 0 Å². The molecule has 0 saturated carbocycles. The molecule has 3 heteroatoms. The van der Waals surface area contributed by atoms with Gasteiger partial charge in [0.05, 0.1) is 13.2 Å². The van der Waals surface area contributed by atoms with Crippen molar-refractivity contribution in [3.8, 4) is 11.5 Å². The van der Waals surface area contributed by atoms with E-state index >= 15 is 0 Å². The fourth-order valence-corrected chi connectivity index (χ4v) is 2.10. The molecule has 0 aliphatic heterocycles. The molecular weight excluding hydrogens is 262 g/mol. The monoisotopic (exact) mass is 285 g/mol. The van der Waals surface area contributed by atoms with E-state index in [0.717, 1.165) is 17.1 Å². The van der Waals surface area contributed by atoms with Crippen LogP contribution in [0, 0.1) is 0 Å². The van der Waals surface area contributed by atoms with Gasteiger partial charge in [0, 0.05) is 0 Å². The van der Waals surface area contributed by atoms with E-state index in [4.69, 9.17) is 15.2 Å². The molecule has 0 aliphatic rings. The highest BCUT2D eigenvalue weighted by Gasteiger charge is 2.08. The maximum atomic E-state index is 6.17. The van der Waals surface area contributed by atoms with Gasteiger partial charge in [0.1, 0.15) is 18.1 Å². The lowest BCUT2D eigenvalue weighted by Crippen LogP contribution is -2.19. The highest BCUT2D eigenvalue weighted by Crippen LogP contribution is 2.22. The molecule has 2 rings (SSSR count). The average Bonchev–Trinajstić information content (AvgIpc) is 2.53. The summed E-state index contributed by atoms with van der Waals surface area (Å²) in [6.45, 7) is 4.79. The molecule has 1 unspecified atom stereocenters. The van der Waals surface area contributed by atoms with Gasteiger partial charge in [-0.2, -0.15) is 0 Å². The van der Waals surface area contributed by atoms with Crippen LogP contribution in [0.15, 0.2) is 48.5 Å². The van der Waals surface area contributed by atoms with Crippen LogP contribution in [0.4, 0.5) is 0 Å². The summed E-state index contributed by atoms with van der Waals surface area (Å²) in [7, 11) is 1.65. The Hall–Kier alpha value is -2.00. The van der Waals surface area contributed by atoms with Gasteiger partial charge in [-0.15, -0.1) is 0 Å². The Kier molecular flexibility index (Phi) is 5.23. The van der Waals surface area contributed by atoms with Gasteiger partial charge in [0.15, 0.2) is 0 Å². The first kappa shape index (κ1) is 15.4. The first-order chi connectivity index (χ1) is 10.1. The lowest BCUT2D eigenvalue weighted by Gasteiger charge is -2.15. The van der Waals surface area contributed by atoms with Crippen LogP contribution < -0.4 is 15.2 Å². The van der Waals surface area contributed by atoms with Gasteiger partial charge in [-0.3, -0.25) is 0 Å². The second-order valence-corrected chi connectivity index (χ2v) is 5.42. The third kappa shape index (κ3) is 4.23. The Labute approximate surface area is 126 Å². The lowest BCUT2D eigenvalue weighted by molar-refractivity contribution is 0.290. The number of nitrogens with two attached hydrogens (primary N) is 1. The lowest BCUT2D eigenvalue weighted by atomic mass is 10.0. The number of hydrogen-bond acceptors (Lipinski definition) is 3. The molecule has 0 fully saturated rings. The van der Waals surface area contributed by atoms with Crippen LogP contribution in [0.5, 0.6) is 11.5 Å². The zero-order valence-electron chi connectivity index (χ0n) is 12.9. The van der Waals surface area contributed by atoms with Crippen molar-refractivity contribution in [1.29, 1.82) is 0 Å². The molecular formula is C18H23NO2. The summed E-state index contributed by atoms with van der Waals surface area (Å²) in [6, 6.07) is 15.8. The predicted octanol–water partition coefficient (Wildman–Crippen LogP) is 3.90. The van der Waals surface area contributed by atoms with E-state index in [1.165, 1.54) is 5.56 Å². The van der Waals surface area contributed by atoms with E-state index in [1.54, 1.807) is 7.11 Å². The topological polar surface area (TPSA) is 44.5 Å². The van der Waals surface area contributed by atoms with Crippen molar-refractivity contribution in [3.05, 3.63) is 59.7 Å². The maximum Gasteiger partial charge on any atom is 0.119 e. The van der Waals surface area contributed by atoms with Crippen molar-refractivity contribution >= 4 is 0 Å². The summed E-state index contributed by atoms with van der Waals surface area (Å²) in [4.78, 5) is 0. The Morgan fingerprint density at radius 2 is 1.67 bits per heavy atom. The van der Waals surface area contributed by atoms with Gasteiger partial charge in [0.25, 0.3) is 0 Å². The highest BCUT2D eigenvalue weighted by molar-refractivity contribution is 5.31. The van der Waals surface area contributed by atoms with Crippen LogP contribution >= 0.6 is 0 Å². The largest absolute Gasteiger partial charge is 0.497 e. The van der Waals surface area contributed by atoms with Gasteiger partial charge in [-0.1, -0.05) is 38.1 Å². The van der Waals surface area contributed by atoms with Gasteiger partial charge < -0.3 is 15.2 Å². The molecule has 21 heavy (non-hydrogen) atoms. The minimum absolute atomic E-state index is 0.154. The number of benzene rings is 2. The Morgan fingerprint density at radius 3 is 2.29 bits per heavy atom. The Bertz CT molecular complexity index is 564. The Morgan fingerprint density at radius 1 is 0.952 bits per heavy atom. The minimum Gasteiger partial charge on any atom is -0.497 e. The van der Waals surface area contributed by atoms with Crippen LogP contribution in [-0.4, -0.2) is 13.7 Å². The third-order valence-corrected chi connectivity index (χ3v) is 3.50. The zero-order valence-corrected chi connectivity index (χ0v) is 12.9. The molecule has 2 aromatic carbocycles. The van der Waals surface area contributed by atoms with E-state index in [2.05, 4.69) is 26.0 Å². The minimum atomic E-state index is -0.154. The third-order valence-electron chi connectivity index (χ3n) is 3.50. The normalized spacial score (nSPS) is 12.2. The van der Waals surface area contributed by atoms with Crippen LogP contribution in [0.3, 0.4) is 0 Å². The number of rotatable bonds is 6. The van der Waals surface area contributed by atoms with E-state index < -0.39 is 0 Å². The molecule has 2 N–H and O–H groups in total. The molecule has 0 radical (unpaired) electrons. The zero-order chi connectivity index (χ0) is 15.2. The first-order valence-electron chi connectivity index (χ1n) is 7.22. The second-order valence-electron chi connectivity index (χ2n) is 5.42. The van der Waals surface area contributed by atoms with Crippen molar-refractivity contribution in [1.82, 2.24) is 0 Å². The smallest absolute Gasteiger partial charge is 0.119 e. The standard InChI is InChI=1S/C18H23NO2/c1-13(2)15-5-4-6-17(11-15)21-12-18(19)14-7-9-16(20-3)10-8-14/h4-11,13,18H,12,19H2,1-3H3. The van der Waals surface area contributed by atoms with Crippen LogP contribution in [0.25, 0.3) is 0 Å². The van der Waals surface area contributed by atoms with Crippen LogP contribution in [0.2, 0.25) is 0 Å². The van der Waals surface area contributed by atoms with E-state index in [9.17, 15) is 0 Å². The van der Waals surface area contributed by atoms with Gasteiger partial charge in [-0.25, -0.2) is 0 Å². The fraction of sp³-hybridized carbons (Fsp3) is 0.333. The molecule has 1 atom stereocenters. The first-order valence-corrected chi connectivity index (χ1v) is 7.22. The molecule has 0 bridgehead atoms. The van der Waals surface area contributed by atoms with Gasteiger partial charge in [-0.05, 0) is 41.3 Å². The SMILES string of the molecule is COc1ccc(C(N)COc2cccc(C(C)C)c2)cc1. The summed E-state index contributed by atoms with van der Waals surface area (Å²) in [5, 5.41) is 0. The summed E-state index contributed by atoms with van der Waals surface area (Å²) >= 11 is 0. The molecule has 3 nitrogen and oxygen atoms in total. The van der Waals surface area contributed by atoms with Gasteiger partial charge in [0.2, 0.25) is 0 Å². The molecule has 0 aliphatic carbocycles. The van der Waals surface area contributed by atoms with Crippen LogP contribution in [0.1, 0.15) is 36.9 Å². The van der Waals surface area contributed by atoms with Crippen molar-refractivity contribution in [3.63, 3.8) is 0 Å². The summed E-state index contributed by atoms with van der Waals surface area (Å²) in [6.07, 6.45) is 0. The number of ether oxygens (including phenoxy) is 2. The molecule has 0 saturated heterocycles. The van der Waals surface area contributed by atoms with E-state index in [-0.39, 0.29) is 6.04 Å². The summed E-state index contributed by atoms with van der Waals surface area (Å²) in [5.74, 6) is 2.19. The second kappa shape index (κ2) is 7.14. The number of methoxy groups -OCH3 is 1. The quantitative estimate of drug-likeness (QED) is 0.875. The van der Waals surface area contributed by atoms with Crippen molar-refractivity contribution in [2.24, 2.45) is 5.73 Å². The highest BCUT2D eigenvalue weighted by atomic mass is 16.5. The average molecular weight is 285 g/mol. The molecule has 0 spiro atoms. The predicted molar refractivity (Wildman–Crippen MR) is 85.9 cm³/mol. The molecule has 0 aromatic heterocycles. The van der Waals surface area contributed by atoms with E-state index in [0.29, 0.717) is 12.5 Å². The molecule has 0 amide bonds. The summed E-state index contributed by atoms with van der Waals surface area (Å²) in [5.41, 5.74) is 8.47. The van der Waals surface area contributed by atoms with Crippen molar-refractivity contribution < 1.29 is 9.47 Å². The number of hydrogen-bond donors (Lipinski definition) is 1. The fourth-order valence-electron chi connectivity index (χ4n) is 2.10. The maximum absolute atomic E-state index is 6.17. The van der Waals surface area contributed by atoms with E-state index in [1.807, 2.05) is 36.4 Å². The molecule has 0 heterocycles. The van der Waals surface area contributed by atoms with Gasteiger partial charge >= 0.3 is 0 Å². The van der Waals surface area contributed by atoms with Crippen molar-refractivity contribution in [2.45, 2.75) is 25.8 Å². The summed E-state index contributed by atoms with van der Waals surface area (Å²) < 4.78 is 11.0. The molecule has 2 aromatic rings.